The number of benzene rings is 1. The molecule has 4 heterocycles. The van der Waals surface area contributed by atoms with E-state index in [1.165, 1.54) is 0 Å². The number of imidazole rings is 1. The van der Waals surface area contributed by atoms with Gasteiger partial charge in [0.25, 0.3) is 5.91 Å². The number of hydrogen-bond acceptors (Lipinski definition) is 4. The Bertz CT molecular complexity index is 1080. The number of para-hydroxylation sites is 2. The van der Waals surface area contributed by atoms with Gasteiger partial charge in [0.1, 0.15) is 11.5 Å². The summed E-state index contributed by atoms with van der Waals surface area (Å²) in [5, 5.41) is 7.20. The summed E-state index contributed by atoms with van der Waals surface area (Å²) >= 11 is 0. The summed E-state index contributed by atoms with van der Waals surface area (Å²) in [6, 6.07) is 13.5. The highest BCUT2D eigenvalue weighted by atomic mass is 16.2. The molecule has 0 spiro atoms. The van der Waals surface area contributed by atoms with E-state index in [4.69, 9.17) is 4.98 Å². The van der Waals surface area contributed by atoms with Crippen molar-refractivity contribution in [2.75, 3.05) is 6.54 Å². The van der Waals surface area contributed by atoms with E-state index < -0.39 is 0 Å². The van der Waals surface area contributed by atoms with Crippen LogP contribution < -0.4 is 0 Å². The van der Waals surface area contributed by atoms with Crippen LogP contribution in [0.2, 0.25) is 0 Å². The van der Waals surface area contributed by atoms with E-state index in [1.807, 2.05) is 41.3 Å². The highest BCUT2D eigenvalue weighted by molar-refractivity contribution is 5.93. The van der Waals surface area contributed by atoms with E-state index in [9.17, 15) is 4.79 Å². The molecule has 5 rings (SSSR count). The Hall–Kier alpha value is -3.48. The van der Waals surface area contributed by atoms with Gasteiger partial charge in [-0.05, 0) is 49.6 Å². The normalized spacial score (nSPS) is 17.1. The number of H-pyrrole nitrogens is 2. The van der Waals surface area contributed by atoms with Crippen molar-refractivity contribution in [2.24, 2.45) is 0 Å². The molecule has 1 amide bonds. The number of carbonyl (C=O) groups excluding carboxylic acids is 1. The smallest absolute Gasteiger partial charge is 0.272 e. The zero-order valence-corrected chi connectivity index (χ0v) is 15.3. The van der Waals surface area contributed by atoms with E-state index in [0.29, 0.717) is 17.9 Å². The lowest BCUT2D eigenvalue weighted by atomic mass is 10.0. The maximum Gasteiger partial charge on any atom is 0.272 e. The van der Waals surface area contributed by atoms with Crippen molar-refractivity contribution < 1.29 is 4.79 Å². The molecule has 4 aromatic rings. The lowest BCUT2D eigenvalue weighted by molar-refractivity contribution is 0.0595. The largest absolute Gasteiger partial charge is 0.340 e. The summed E-state index contributed by atoms with van der Waals surface area (Å²) in [5.74, 6) is 0.800. The van der Waals surface area contributed by atoms with E-state index in [-0.39, 0.29) is 11.9 Å². The number of aromatic amines is 2. The number of fused-ring (bicyclic) bond motifs is 1. The second-order valence-electron chi connectivity index (χ2n) is 7.06. The standard InChI is InChI=1S/C21H20N6O/c28-21(18-12-17(25-26-18)14-6-5-10-22-13-14)27-11-4-3-9-19(27)20-23-15-7-1-2-8-16(15)24-20/h1-2,5-8,10,12-13,19H,3-4,9,11H2,(H,23,24)(H,25,26). The molecule has 3 aromatic heterocycles. The predicted molar refractivity (Wildman–Crippen MR) is 106 cm³/mol. The van der Waals surface area contributed by atoms with Crippen LogP contribution in [0.1, 0.15) is 41.6 Å². The average molecular weight is 372 g/mol. The first-order valence-electron chi connectivity index (χ1n) is 9.51. The monoisotopic (exact) mass is 372 g/mol. The number of amides is 1. The van der Waals surface area contributed by atoms with Crippen molar-refractivity contribution in [1.29, 1.82) is 0 Å². The Balaban J connectivity index is 1.45. The second-order valence-corrected chi connectivity index (χ2v) is 7.06. The maximum atomic E-state index is 13.2. The second kappa shape index (κ2) is 6.92. The maximum absolute atomic E-state index is 13.2. The molecule has 2 N–H and O–H groups in total. The number of nitrogens with one attached hydrogen (secondary N) is 2. The molecule has 28 heavy (non-hydrogen) atoms. The third-order valence-electron chi connectivity index (χ3n) is 5.25. The van der Waals surface area contributed by atoms with E-state index in [0.717, 1.165) is 41.7 Å². The number of nitrogens with zero attached hydrogens (tertiary/aromatic N) is 4. The number of piperidine rings is 1. The lowest BCUT2D eigenvalue weighted by Crippen LogP contribution is -2.39. The number of hydrogen-bond donors (Lipinski definition) is 2. The highest BCUT2D eigenvalue weighted by Crippen LogP contribution is 2.32. The first kappa shape index (κ1) is 16.7. The van der Waals surface area contributed by atoms with Crippen molar-refractivity contribution in [3.8, 4) is 11.3 Å². The SMILES string of the molecule is O=C(c1cc(-c2cccnc2)n[nH]1)N1CCCCC1c1nc2ccccc2[nH]1. The molecule has 140 valence electrons. The first-order valence-corrected chi connectivity index (χ1v) is 9.51. The fourth-order valence-electron chi connectivity index (χ4n) is 3.84. The quantitative estimate of drug-likeness (QED) is 0.573. The Labute approximate surface area is 161 Å². The average Bonchev–Trinajstić information content (AvgIpc) is 3.41. The molecular weight excluding hydrogens is 352 g/mol. The van der Waals surface area contributed by atoms with Crippen LogP contribution in [0.5, 0.6) is 0 Å². The minimum Gasteiger partial charge on any atom is -0.340 e. The fourth-order valence-corrected chi connectivity index (χ4v) is 3.84. The predicted octanol–water partition coefficient (Wildman–Crippen LogP) is 3.72. The van der Waals surface area contributed by atoms with Gasteiger partial charge in [0.2, 0.25) is 0 Å². The Kier molecular flexibility index (Phi) is 4.12. The number of aromatic nitrogens is 5. The molecule has 1 fully saturated rings. The van der Waals surface area contributed by atoms with Gasteiger partial charge >= 0.3 is 0 Å². The van der Waals surface area contributed by atoms with Crippen LogP contribution in [-0.2, 0) is 0 Å². The fraction of sp³-hybridized carbons (Fsp3) is 0.238. The molecule has 1 saturated heterocycles. The number of pyridine rings is 1. The molecule has 1 aromatic carbocycles. The van der Waals surface area contributed by atoms with E-state index in [1.54, 1.807) is 18.5 Å². The van der Waals surface area contributed by atoms with E-state index in [2.05, 4.69) is 20.2 Å². The molecule has 7 nitrogen and oxygen atoms in total. The van der Waals surface area contributed by atoms with Gasteiger partial charge in [-0.1, -0.05) is 12.1 Å². The van der Waals surface area contributed by atoms with Crippen molar-refractivity contribution in [3.05, 3.63) is 66.4 Å². The van der Waals surface area contributed by atoms with Gasteiger partial charge in [-0.3, -0.25) is 14.9 Å². The molecule has 1 aliphatic rings. The number of rotatable bonds is 3. The van der Waals surface area contributed by atoms with Crippen LogP contribution in [0.25, 0.3) is 22.3 Å². The van der Waals surface area contributed by atoms with Gasteiger partial charge in [0, 0.05) is 24.5 Å². The van der Waals surface area contributed by atoms with Gasteiger partial charge in [0.05, 0.1) is 22.8 Å². The molecule has 0 bridgehead atoms. The van der Waals surface area contributed by atoms with Gasteiger partial charge in [0.15, 0.2) is 0 Å². The zero-order valence-electron chi connectivity index (χ0n) is 15.3. The zero-order chi connectivity index (χ0) is 18.9. The third kappa shape index (κ3) is 2.94. The van der Waals surface area contributed by atoms with Crippen LogP contribution >= 0.6 is 0 Å². The molecule has 0 radical (unpaired) electrons. The molecule has 0 saturated carbocycles. The van der Waals surface area contributed by atoms with E-state index >= 15 is 0 Å². The summed E-state index contributed by atoms with van der Waals surface area (Å²) in [6.07, 6.45) is 6.42. The van der Waals surface area contributed by atoms with Crippen molar-refractivity contribution in [1.82, 2.24) is 30.0 Å². The summed E-state index contributed by atoms with van der Waals surface area (Å²) < 4.78 is 0. The Morgan fingerprint density at radius 3 is 2.93 bits per heavy atom. The van der Waals surface area contributed by atoms with Gasteiger partial charge in [-0.25, -0.2) is 4.98 Å². The number of likely N-dealkylation sites (tertiary alicyclic amines) is 1. The molecular formula is C21H20N6O. The summed E-state index contributed by atoms with van der Waals surface area (Å²) in [7, 11) is 0. The molecule has 7 heteroatoms. The third-order valence-corrected chi connectivity index (χ3v) is 5.25. The van der Waals surface area contributed by atoms with Crippen LogP contribution in [0.4, 0.5) is 0 Å². The van der Waals surface area contributed by atoms with Crippen LogP contribution in [0.3, 0.4) is 0 Å². The lowest BCUT2D eigenvalue weighted by Gasteiger charge is -2.34. The molecule has 1 atom stereocenters. The Morgan fingerprint density at radius 1 is 1.14 bits per heavy atom. The summed E-state index contributed by atoms with van der Waals surface area (Å²) in [4.78, 5) is 27.4. The molecule has 0 aliphatic carbocycles. The summed E-state index contributed by atoms with van der Waals surface area (Å²) in [6.45, 7) is 0.710. The summed E-state index contributed by atoms with van der Waals surface area (Å²) in [5.41, 5.74) is 4.01. The minimum absolute atomic E-state index is 0.0483. The highest BCUT2D eigenvalue weighted by Gasteiger charge is 2.31. The van der Waals surface area contributed by atoms with Gasteiger partial charge < -0.3 is 9.88 Å². The van der Waals surface area contributed by atoms with Crippen molar-refractivity contribution in [2.45, 2.75) is 25.3 Å². The van der Waals surface area contributed by atoms with Crippen LogP contribution in [0, 0.1) is 0 Å². The first-order chi connectivity index (χ1) is 13.8. The van der Waals surface area contributed by atoms with Crippen molar-refractivity contribution in [3.63, 3.8) is 0 Å². The minimum atomic E-state index is -0.0567. The van der Waals surface area contributed by atoms with Gasteiger partial charge in [-0.15, -0.1) is 0 Å². The van der Waals surface area contributed by atoms with Gasteiger partial charge in [-0.2, -0.15) is 5.10 Å². The van der Waals surface area contributed by atoms with Crippen LogP contribution in [0.15, 0.2) is 54.9 Å². The van der Waals surface area contributed by atoms with Crippen molar-refractivity contribution >= 4 is 16.9 Å². The Morgan fingerprint density at radius 2 is 2.07 bits per heavy atom. The molecule has 1 unspecified atom stereocenters. The molecule has 1 aliphatic heterocycles. The number of carbonyl (C=O) groups is 1. The topological polar surface area (TPSA) is 90.6 Å². The van der Waals surface area contributed by atoms with Crippen LogP contribution in [-0.4, -0.2) is 42.5 Å².